The van der Waals surface area contributed by atoms with E-state index in [0.29, 0.717) is 29.0 Å². The first-order valence-electron chi connectivity index (χ1n) is 9.44. The molecule has 0 radical (unpaired) electrons. The lowest BCUT2D eigenvalue weighted by Gasteiger charge is -2.16. The zero-order valence-corrected chi connectivity index (χ0v) is 17.8. The summed E-state index contributed by atoms with van der Waals surface area (Å²) in [6.07, 6.45) is 0.375. The van der Waals surface area contributed by atoms with Gasteiger partial charge in [-0.2, -0.15) is 0 Å². The van der Waals surface area contributed by atoms with Crippen LogP contribution in [0.4, 0.5) is 0 Å². The summed E-state index contributed by atoms with van der Waals surface area (Å²) in [7, 11) is -1.05. The highest BCUT2D eigenvalue weighted by atomic mass is 32.2. The molecule has 0 aliphatic rings. The molecule has 0 atom stereocenters. The number of rotatable bonds is 6. The van der Waals surface area contributed by atoms with E-state index in [1.54, 1.807) is 18.2 Å². The lowest BCUT2D eigenvalue weighted by Crippen LogP contribution is -2.17. The van der Waals surface area contributed by atoms with Crippen LogP contribution in [0.25, 0.3) is 11.0 Å². The van der Waals surface area contributed by atoms with Gasteiger partial charge in [-0.25, -0.2) is 17.4 Å². The number of ether oxygens (including phenoxy) is 2. The smallest absolute Gasteiger partial charge is 0.273 e. The Morgan fingerprint density at radius 3 is 2.27 bits per heavy atom. The van der Waals surface area contributed by atoms with Crippen LogP contribution in [-0.4, -0.2) is 31.6 Å². The van der Waals surface area contributed by atoms with Crippen LogP contribution in [0.2, 0.25) is 0 Å². The van der Waals surface area contributed by atoms with Gasteiger partial charge >= 0.3 is 0 Å². The lowest BCUT2D eigenvalue weighted by molar-refractivity contribution is 0.390. The number of hydrogen-bond acceptors (Lipinski definition) is 5. The van der Waals surface area contributed by atoms with Gasteiger partial charge in [0.05, 0.1) is 25.3 Å². The van der Waals surface area contributed by atoms with Crippen molar-refractivity contribution in [1.82, 2.24) is 8.96 Å². The second kappa shape index (κ2) is 7.84. The number of methoxy groups -OCH3 is 2. The minimum Gasteiger partial charge on any atom is -0.496 e. The first-order valence-corrected chi connectivity index (χ1v) is 10.9. The van der Waals surface area contributed by atoms with Gasteiger partial charge in [-0.15, -0.1) is 0 Å². The minimum absolute atomic E-state index is 0.0323. The molecule has 0 N–H and O–H groups in total. The Labute approximate surface area is 175 Å². The first kappa shape index (κ1) is 20.0. The van der Waals surface area contributed by atoms with Gasteiger partial charge < -0.3 is 9.47 Å². The second-order valence-corrected chi connectivity index (χ2v) is 8.68. The molecule has 1 heterocycles. The fourth-order valence-electron chi connectivity index (χ4n) is 3.53. The summed E-state index contributed by atoms with van der Waals surface area (Å²) in [6.45, 7) is 1.84. The topological polar surface area (TPSA) is 70.4 Å². The molecule has 0 amide bonds. The Morgan fingerprint density at radius 1 is 0.900 bits per heavy atom. The number of benzene rings is 3. The van der Waals surface area contributed by atoms with E-state index >= 15 is 0 Å². The standard InChI is InChI=1S/C23H22N2O4S/c1-16-13-21(29-3)22(15-20(16)28-2)30(26,27)25-19-12-8-7-11-18(19)24-23(25)14-17-9-5-4-6-10-17/h4-13,15H,14H2,1-3H3. The molecule has 30 heavy (non-hydrogen) atoms. The van der Waals surface area contributed by atoms with Crippen molar-refractivity contribution in [3.63, 3.8) is 0 Å². The van der Waals surface area contributed by atoms with Crippen molar-refractivity contribution in [2.75, 3.05) is 14.2 Å². The Bertz CT molecular complexity index is 1310. The van der Waals surface area contributed by atoms with Crippen molar-refractivity contribution < 1.29 is 17.9 Å². The second-order valence-electron chi connectivity index (χ2n) is 6.92. The predicted molar refractivity (Wildman–Crippen MR) is 116 cm³/mol. The highest BCUT2D eigenvalue weighted by Gasteiger charge is 2.28. The molecular formula is C23H22N2O4S. The third-order valence-electron chi connectivity index (χ3n) is 4.99. The van der Waals surface area contributed by atoms with E-state index in [-0.39, 0.29) is 10.6 Å². The van der Waals surface area contributed by atoms with Crippen molar-refractivity contribution in [3.8, 4) is 11.5 Å². The summed E-state index contributed by atoms with van der Waals surface area (Å²) < 4.78 is 39.8. The largest absolute Gasteiger partial charge is 0.496 e. The predicted octanol–water partition coefficient (Wildman–Crippen LogP) is 4.19. The van der Waals surface area contributed by atoms with E-state index in [0.717, 1.165) is 11.1 Å². The van der Waals surface area contributed by atoms with Gasteiger partial charge in [0.25, 0.3) is 10.0 Å². The van der Waals surface area contributed by atoms with Crippen LogP contribution < -0.4 is 9.47 Å². The Kier molecular flexibility index (Phi) is 5.22. The van der Waals surface area contributed by atoms with E-state index in [1.165, 1.54) is 24.3 Å². The van der Waals surface area contributed by atoms with Crippen LogP contribution >= 0.6 is 0 Å². The van der Waals surface area contributed by atoms with E-state index in [1.807, 2.05) is 49.4 Å². The van der Waals surface area contributed by atoms with Crippen molar-refractivity contribution in [2.24, 2.45) is 0 Å². The van der Waals surface area contributed by atoms with Crippen LogP contribution in [0.3, 0.4) is 0 Å². The summed E-state index contributed by atoms with van der Waals surface area (Å²) in [5, 5.41) is 0. The lowest BCUT2D eigenvalue weighted by atomic mass is 10.1. The summed E-state index contributed by atoms with van der Waals surface area (Å²) in [5.74, 6) is 1.17. The number of nitrogens with zero attached hydrogens (tertiary/aromatic N) is 2. The summed E-state index contributed by atoms with van der Waals surface area (Å²) in [4.78, 5) is 4.66. The number of aromatic nitrogens is 2. The molecule has 0 unspecified atom stereocenters. The number of hydrogen-bond donors (Lipinski definition) is 0. The Hall–Kier alpha value is -3.32. The average molecular weight is 423 g/mol. The molecule has 154 valence electrons. The summed E-state index contributed by atoms with van der Waals surface area (Å²) in [6, 6.07) is 20.0. The van der Waals surface area contributed by atoms with Crippen LogP contribution in [-0.2, 0) is 16.4 Å². The van der Waals surface area contributed by atoms with Gasteiger partial charge in [-0.1, -0.05) is 42.5 Å². The molecule has 1 aromatic heterocycles. The van der Waals surface area contributed by atoms with E-state index < -0.39 is 10.0 Å². The van der Waals surface area contributed by atoms with Crippen LogP contribution in [0.5, 0.6) is 11.5 Å². The summed E-state index contributed by atoms with van der Waals surface area (Å²) >= 11 is 0. The zero-order valence-electron chi connectivity index (χ0n) is 17.0. The normalized spacial score (nSPS) is 11.6. The molecule has 0 saturated heterocycles. The number of fused-ring (bicyclic) bond motifs is 1. The third-order valence-corrected chi connectivity index (χ3v) is 6.75. The van der Waals surface area contributed by atoms with Crippen LogP contribution in [0.1, 0.15) is 17.0 Å². The molecule has 4 rings (SSSR count). The van der Waals surface area contributed by atoms with Gasteiger partial charge in [-0.05, 0) is 36.2 Å². The van der Waals surface area contributed by atoms with Gasteiger partial charge in [0.15, 0.2) is 0 Å². The maximum Gasteiger partial charge on any atom is 0.273 e. The Morgan fingerprint density at radius 2 is 1.57 bits per heavy atom. The average Bonchev–Trinajstić information content (AvgIpc) is 3.12. The van der Waals surface area contributed by atoms with E-state index in [4.69, 9.17) is 9.47 Å². The molecule has 3 aromatic carbocycles. The third kappa shape index (κ3) is 3.41. The fraction of sp³-hybridized carbons (Fsp3) is 0.174. The highest BCUT2D eigenvalue weighted by molar-refractivity contribution is 7.90. The number of aryl methyl sites for hydroxylation is 1. The summed E-state index contributed by atoms with van der Waals surface area (Å²) in [5.41, 5.74) is 2.89. The van der Waals surface area contributed by atoms with Crippen LogP contribution in [0, 0.1) is 6.92 Å². The first-order chi connectivity index (χ1) is 14.5. The molecule has 0 spiro atoms. The maximum atomic E-state index is 13.9. The van der Waals surface area contributed by atoms with Gasteiger partial charge in [0, 0.05) is 12.5 Å². The zero-order chi connectivity index (χ0) is 21.3. The van der Waals surface area contributed by atoms with Gasteiger partial charge in [0.1, 0.15) is 22.2 Å². The quantitative estimate of drug-likeness (QED) is 0.466. The van der Waals surface area contributed by atoms with Crippen molar-refractivity contribution in [3.05, 3.63) is 83.7 Å². The molecule has 6 nitrogen and oxygen atoms in total. The SMILES string of the molecule is COc1cc(S(=O)(=O)n2c(Cc3ccccc3)nc3ccccc32)c(OC)cc1C. The van der Waals surface area contributed by atoms with Gasteiger partial charge in [0.2, 0.25) is 0 Å². The molecule has 7 heteroatoms. The van der Waals surface area contributed by atoms with Gasteiger partial charge in [-0.3, -0.25) is 0 Å². The van der Waals surface area contributed by atoms with E-state index in [9.17, 15) is 8.42 Å². The van der Waals surface area contributed by atoms with Crippen molar-refractivity contribution >= 4 is 21.1 Å². The molecule has 0 aliphatic carbocycles. The monoisotopic (exact) mass is 422 g/mol. The molecule has 0 fully saturated rings. The molecule has 0 bridgehead atoms. The minimum atomic E-state index is -4.02. The Balaban J connectivity index is 1.97. The molecule has 0 saturated carbocycles. The molecule has 4 aromatic rings. The number of para-hydroxylation sites is 2. The maximum absolute atomic E-state index is 13.9. The highest BCUT2D eigenvalue weighted by Crippen LogP contribution is 2.35. The van der Waals surface area contributed by atoms with Crippen molar-refractivity contribution in [2.45, 2.75) is 18.2 Å². The molecular weight excluding hydrogens is 400 g/mol. The fourth-order valence-corrected chi connectivity index (χ4v) is 5.18. The van der Waals surface area contributed by atoms with E-state index in [2.05, 4.69) is 4.98 Å². The van der Waals surface area contributed by atoms with Crippen LogP contribution in [0.15, 0.2) is 71.6 Å². The molecule has 0 aliphatic heterocycles. The number of imidazole rings is 1. The van der Waals surface area contributed by atoms with Crippen molar-refractivity contribution in [1.29, 1.82) is 0 Å².